The van der Waals surface area contributed by atoms with Crippen LogP contribution in [-0.2, 0) is 11.3 Å². The molecule has 0 spiro atoms. The molecule has 136 valence electrons. The number of rotatable bonds is 5. The molecule has 0 aliphatic carbocycles. The molecule has 7 heteroatoms. The normalized spacial score (nSPS) is 10.6. The molecule has 0 bridgehead atoms. The number of aryl methyl sites for hydroxylation is 2. The van der Waals surface area contributed by atoms with Crippen molar-refractivity contribution in [3.8, 4) is 6.07 Å². The Hall–Kier alpha value is -3.53. The zero-order valence-corrected chi connectivity index (χ0v) is 15.2. The summed E-state index contributed by atoms with van der Waals surface area (Å²) < 4.78 is 1.06. The second kappa shape index (κ2) is 7.79. The van der Waals surface area contributed by atoms with Crippen LogP contribution in [0.3, 0.4) is 0 Å². The number of nitrogens with zero attached hydrogens (tertiary/aromatic N) is 5. The molecule has 1 amide bonds. The van der Waals surface area contributed by atoms with Crippen LogP contribution in [0, 0.1) is 25.2 Å². The first kappa shape index (κ1) is 18.3. The molecule has 0 saturated heterocycles. The maximum Gasteiger partial charge on any atom is 0.278 e. The predicted molar refractivity (Wildman–Crippen MR) is 102 cm³/mol. The van der Waals surface area contributed by atoms with Crippen LogP contribution in [0.1, 0.15) is 17.5 Å². The van der Waals surface area contributed by atoms with Crippen LogP contribution in [0.4, 0.5) is 5.69 Å². The van der Waals surface area contributed by atoms with Crippen molar-refractivity contribution >= 4 is 22.5 Å². The third-order valence-corrected chi connectivity index (χ3v) is 4.18. The molecule has 0 unspecified atom stereocenters. The topological polar surface area (TPSA) is 91.9 Å². The van der Waals surface area contributed by atoms with E-state index in [1.807, 2.05) is 32.0 Å². The van der Waals surface area contributed by atoms with Gasteiger partial charge in [-0.15, -0.1) is 5.10 Å². The van der Waals surface area contributed by atoms with Crippen LogP contribution in [0.2, 0.25) is 0 Å². The van der Waals surface area contributed by atoms with E-state index in [-0.39, 0.29) is 31.0 Å². The highest BCUT2D eigenvalue weighted by molar-refractivity contribution is 5.93. The first-order valence-corrected chi connectivity index (χ1v) is 8.58. The van der Waals surface area contributed by atoms with Gasteiger partial charge in [-0.2, -0.15) is 5.26 Å². The zero-order chi connectivity index (χ0) is 19.4. The van der Waals surface area contributed by atoms with Crippen LogP contribution in [0.5, 0.6) is 0 Å². The number of carbonyl (C=O) groups is 1. The quantitative estimate of drug-likeness (QED) is 0.695. The standard InChI is InChI=1S/C20H19N5O2/c1-14-10-15(2)12-16(11-14)24(9-5-8-21)19(26)13-25-20(27)17-6-3-4-7-18(17)22-23-25/h3-4,6-7,10-12H,5,9,13H2,1-2H3. The highest BCUT2D eigenvalue weighted by Crippen LogP contribution is 2.19. The summed E-state index contributed by atoms with van der Waals surface area (Å²) in [6, 6.07) is 14.7. The SMILES string of the molecule is Cc1cc(C)cc(N(CCC#N)C(=O)Cn2nnc3ccccc3c2=O)c1. The van der Waals surface area contributed by atoms with Crippen molar-refractivity contribution in [2.24, 2.45) is 0 Å². The van der Waals surface area contributed by atoms with E-state index in [9.17, 15) is 9.59 Å². The molecule has 3 aromatic rings. The number of fused-ring (bicyclic) bond motifs is 1. The summed E-state index contributed by atoms with van der Waals surface area (Å²) in [5.41, 5.74) is 2.86. The maximum atomic E-state index is 12.9. The summed E-state index contributed by atoms with van der Waals surface area (Å²) in [5.74, 6) is -0.318. The van der Waals surface area contributed by atoms with Gasteiger partial charge in [-0.3, -0.25) is 9.59 Å². The minimum atomic E-state index is -0.366. The predicted octanol–water partition coefficient (Wildman–Crippen LogP) is 2.36. The average molecular weight is 361 g/mol. The number of aromatic nitrogens is 3. The molecule has 0 aliphatic rings. The first-order chi connectivity index (χ1) is 13.0. The van der Waals surface area contributed by atoms with Gasteiger partial charge in [-0.05, 0) is 49.2 Å². The number of benzene rings is 2. The molecule has 1 aromatic heterocycles. The Labute approximate surface area is 156 Å². The largest absolute Gasteiger partial charge is 0.310 e. The molecule has 2 aromatic carbocycles. The van der Waals surface area contributed by atoms with Crippen molar-refractivity contribution in [3.05, 3.63) is 63.9 Å². The highest BCUT2D eigenvalue weighted by Gasteiger charge is 2.18. The molecule has 0 N–H and O–H groups in total. The fourth-order valence-corrected chi connectivity index (χ4v) is 3.01. The average Bonchev–Trinajstić information content (AvgIpc) is 2.64. The Morgan fingerprint density at radius 3 is 2.59 bits per heavy atom. The van der Waals surface area contributed by atoms with Gasteiger partial charge in [0.25, 0.3) is 5.56 Å². The minimum Gasteiger partial charge on any atom is -0.310 e. The van der Waals surface area contributed by atoms with E-state index in [1.54, 1.807) is 24.3 Å². The van der Waals surface area contributed by atoms with E-state index in [2.05, 4.69) is 16.4 Å². The van der Waals surface area contributed by atoms with Gasteiger partial charge >= 0.3 is 0 Å². The molecule has 0 saturated carbocycles. The number of hydrogen-bond acceptors (Lipinski definition) is 5. The Morgan fingerprint density at radius 1 is 1.19 bits per heavy atom. The Bertz CT molecular complexity index is 1080. The van der Waals surface area contributed by atoms with Crippen LogP contribution < -0.4 is 10.5 Å². The number of nitriles is 1. The van der Waals surface area contributed by atoms with Crippen LogP contribution in [-0.4, -0.2) is 27.4 Å². The molecule has 0 fully saturated rings. The Morgan fingerprint density at radius 2 is 1.89 bits per heavy atom. The van der Waals surface area contributed by atoms with Crippen molar-refractivity contribution in [3.63, 3.8) is 0 Å². The Balaban J connectivity index is 1.94. The lowest BCUT2D eigenvalue weighted by Gasteiger charge is -2.23. The lowest BCUT2D eigenvalue weighted by molar-refractivity contribution is -0.119. The van der Waals surface area contributed by atoms with Crippen molar-refractivity contribution in [2.45, 2.75) is 26.8 Å². The second-order valence-electron chi connectivity index (χ2n) is 6.37. The van der Waals surface area contributed by atoms with Crippen LogP contribution in [0.15, 0.2) is 47.3 Å². The number of amides is 1. The third-order valence-electron chi connectivity index (χ3n) is 4.18. The third kappa shape index (κ3) is 4.01. The molecule has 0 radical (unpaired) electrons. The van der Waals surface area contributed by atoms with E-state index >= 15 is 0 Å². The van der Waals surface area contributed by atoms with Gasteiger partial charge in [0.05, 0.1) is 17.9 Å². The zero-order valence-electron chi connectivity index (χ0n) is 15.2. The van der Waals surface area contributed by atoms with Gasteiger partial charge in [-0.1, -0.05) is 23.4 Å². The van der Waals surface area contributed by atoms with Gasteiger partial charge < -0.3 is 4.90 Å². The number of hydrogen-bond donors (Lipinski definition) is 0. The lowest BCUT2D eigenvalue weighted by Crippen LogP contribution is -2.38. The summed E-state index contributed by atoms with van der Waals surface area (Å²) in [4.78, 5) is 27.0. The summed E-state index contributed by atoms with van der Waals surface area (Å²) in [7, 11) is 0. The number of anilines is 1. The summed E-state index contributed by atoms with van der Waals surface area (Å²) >= 11 is 0. The molecule has 0 aliphatic heterocycles. The van der Waals surface area contributed by atoms with Crippen molar-refractivity contribution in [2.75, 3.05) is 11.4 Å². The molecule has 1 heterocycles. The lowest BCUT2D eigenvalue weighted by atomic mass is 10.1. The van der Waals surface area contributed by atoms with Gasteiger partial charge in [0, 0.05) is 12.2 Å². The van der Waals surface area contributed by atoms with Gasteiger partial charge in [0.2, 0.25) is 5.91 Å². The molecule has 3 rings (SSSR count). The minimum absolute atomic E-state index is 0.191. The molecule has 0 atom stereocenters. The fraction of sp³-hybridized carbons (Fsp3) is 0.250. The second-order valence-corrected chi connectivity index (χ2v) is 6.37. The molecule has 27 heavy (non-hydrogen) atoms. The van der Waals surface area contributed by atoms with Gasteiger partial charge in [0.15, 0.2) is 0 Å². The van der Waals surface area contributed by atoms with E-state index in [4.69, 9.17) is 5.26 Å². The monoisotopic (exact) mass is 361 g/mol. The summed E-state index contributed by atoms with van der Waals surface area (Å²) in [6.07, 6.45) is 0.191. The number of carbonyl (C=O) groups excluding carboxylic acids is 1. The maximum absolute atomic E-state index is 12.9. The van der Waals surface area contributed by atoms with Crippen molar-refractivity contribution in [1.82, 2.24) is 15.0 Å². The molecular weight excluding hydrogens is 342 g/mol. The smallest absolute Gasteiger partial charge is 0.278 e. The van der Waals surface area contributed by atoms with E-state index in [0.29, 0.717) is 16.6 Å². The van der Waals surface area contributed by atoms with Crippen molar-refractivity contribution < 1.29 is 4.79 Å². The van der Waals surface area contributed by atoms with E-state index in [0.717, 1.165) is 15.8 Å². The van der Waals surface area contributed by atoms with Crippen LogP contribution >= 0.6 is 0 Å². The fourth-order valence-electron chi connectivity index (χ4n) is 3.01. The summed E-state index contributed by atoms with van der Waals surface area (Å²) in [5, 5.41) is 17.2. The highest BCUT2D eigenvalue weighted by atomic mass is 16.2. The first-order valence-electron chi connectivity index (χ1n) is 8.58. The van der Waals surface area contributed by atoms with E-state index < -0.39 is 0 Å². The Kier molecular flexibility index (Phi) is 5.27. The summed E-state index contributed by atoms with van der Waals surface area (Å²) in [6.45, 7) is 3.90. The van der Waals surface area contributed by atoms with Gasteiger partial charge in [0.1, 0.15) is 12.1 Å². The van der Waals surface area contributed by atoms with E-state index in [1.165, 1.54) is 4.90 Å². The molecular formula is C20H19N5O2. The molecule has 7 nitrogen and oxygen atoms in total. The van der Waals surface area contributed by atoms with Gasteiger partial charge in [-0.25, -0.2) is 4.68 Å². The van der Waals surface area contributed by atoms with Crippen LogP contribution in [0.25, 0.3) is 10.9 Å². The van der Waals surface area contributed by atoms with Crippen molar-refractivity contribution in [1.29, 1.82) is 5.26 Å².